The maximum Gasteiger partial charge on any atom is 1.00 e. The van der Waals surface area contributed by atoms with Gasteiger partial charge in [0.2, 0.25) is 5.91 Å². The first-order chi connectivity index (χ1) is 33.5. The van der Waals surface area contributed by atoms with Crippen LogP contribution in [0.3, 0.4) is 0 Å². The molecule has 390 valence electrons. The number of nitrogens with one attached hydrogen (secondary N) is 1. The minimum absolute atomic E-state index is 0. The number of hydrogen-bond donors (Lipinski definition) is 1. The number of carbonyl (C=O) groups excluding carboxylic acids is 5. The van der Waals surface area contributed by atoms with Gasteiger partial charge >= 0.3 is 29.6 Å². The first-order valence-corrected chi connectivity index (χ1v) is 23.4. The van der Waals surface area contributed by atoms with Gasteiger partial charge in [-0.25, -0.2) is 0 Å². The molecule has 0 fully saturated rings. The number of alkyl halides is 1. The molecule has 0 saturated heterocycles. The fourth-order valence-corrected chi connectivity index (χ4v) is 8.05. The van der Waals surface area contributed by atoms with E-state index in [2.05, 4.69) is 10.2 Å². The topological polar surface area (TPSA) is 280 Å². The molecule has 0 radical (unpaired) electrons. The van der Waals surface area contributed by atoms with Crippen molar-refractivity contribution in [2.75, 3.05) is 86.4 Å². The molecule has 1 N–H and O–H groups in total. The molecule has 4 rings (SSSR count). The number of benzene rings is 2. The summed E-state index contributed by atoms with van der Waals surface area (Å²) in [5.74, 6) is -3.68. The van der Waals surface area contributed by atoms with Gasteiger partial charge in [0.05, 0.1) is 105 Å². The van der Waals surface area contributed by atoms with Gasteiger partial charge in [0.25, 0.3) is 0 Å². The summed E-state index contributed by atoms with van der Waals surface area (Å²) in [6.07, 6.45) is 3.01. The molecule has 0 bridgehead atoms. The second kappa shape index (κ2) is 32.9. The molecule has 0 aliphatic rings. The number of amides is 1. The second-order valence-corrected chi connectivity index (χ2v) is 16.6. The normalized spacial score (nSPS) is 10.8. The van der Waals surface area contributed by atoms with Crippen molar-refractivity contribution in [3.63, 3.8) is 0 Å². The third kappa shape index (κ3) is 20.6. The Labute approximate surface area is 484 Å². The largest absolute Gasteiger partial charge is 1.00 e. The Kier molecular flexibility index (Phi) is 29.1. The van der Waals surface area contributed by atoms with Crippen LogP contribution in [0.2, 0.25) is 0 Å². The number of aromatic nitrogens is 2. The molecule has 0 aliphatic heterocycles. The van der Waals surface area contributed by atoms with Crippen LogP contribution in [0.25, 0.3) is 22.3 Å². The van der Waals surface area contributed by atoms with Gasteiger partial charge in [-0.2, -0.15) is 0 Å². The number of carboxylic acid groups (broad SMARTS) is 4. The van der Waals surface area contributed by atoms with Gasteiger partial charge < -0.3 is 73.3 Å². The SMILES string of the molecule is COc1cc(OC)c(-c2cc(CN(CC(=O)[O-])CC(=O)[O-])nc(CN(CCCCCCNC(=O)CI)Cc3cc(-c4c(OC)cc(OC)cc4OC)cc(CN(CC(=O)[O-])CC(=O)[O-])n3)c2)c(OC)c1.[Dy].[Na+]. The van der Waals surface area contributed by atoms with Gasteiger partial charge in [0, 0.05) is 121 Å². The van der Waals surface area contributed by atoms with Crippen LogP contribution in [0.5, 0.6) is 34.5 Å². The average molecular weight is 1270 g/mol. The minimum Gasteiger partial charge on any atom is -0.549 e. The standard InChI is InChI=1S/C48H61IN6O15.Dy.Na/c1-65-36-17-38(67-3)47(39(18-36)68-4)30-13-32(51-34(15-30)24-54(26-43(57)58)27-44(59)60)22-53(12-10-8-7-9-11-50-42(56)21-49)23-33-14-31(48-40(69-5)19-37(66-2)20-41(48)70-6)16-35(52-33)25-55(28-45(61)62)29-46(63)64;;/h13-20H,7-12,21-29H2,1-6H3,(H,50,56)(H,57,58)(H,59,60)(H,61,62)(H,63,64);;/q;;+1/p-4. The van der Waals surface area contributed by atoms with Crippen LogP contribution in [-0.2, 0) is 50.2 Å². The number of halogens is 1. The van der Waals surface area contributed by atoms with E-state index in [0.717, 1.165) is 29.1 Å². The first-order valence-electron chi connectivity index (χ1n) is 21.9. The molecule has 21 nitrogen and oxygen atoms in total. The van der Waals surface area contributed by atoms with E-state index >= 15 is 0 Å². The predicted molar refractivity (Wildman–Crippen MR) is 254 cm³/mol. The molecule has 24 heteroatoms. The predicted octanol–water partition coefficient (Wildman–Crippen LogP) is -3.42. The molecule has 0 aliphatic carbocycles. The van der Waals surface area contributed by atoms with E-state index in [0.29, 0.717) is 103 Å². The fourth-order valence-electron chi connectivity index (χ4n) is 7.78. The smallest absolute Gasteiger partial charge is 0.549 e. The van der Waals surface area contributed by atoms with Crippen LogP contribution in [0, 0.1) is 38.2 Å². The third-order valence-electron chi connectivity index (χ3n) is 10.7. The minimum atomic E-state index is -1.50. The zero-order chi connectivity index (χ0) is 51.3. The zero-order valence-electron chi connectivity index (χ0n) is 41.3. The van der Waals surface area contributed by atoms with E-state index in [1.807, 2.05) is 22.6 Å². The Balaban J connectivity index is 0.00000888. The Hall–Kier alpha value is -4.23. The third-order valence-corrected chi connectivity index (χ3v) is 11.4. The van der Waals surface area contributed by atoms with Gasteiger partial charge in [-0.3, -0.25) is 29.5 Å². The number of hydrogen-bond acceptors (Lipinski definition) is 20. The van der Waals surface area contributed by atoms with Gasteiger partial charge in [-0.05, 0) is 54.8 Å². The maximum atomic E-state index is 11.8. The average Bonchev–Trinajstić information content (AvgIpc) is 3.31. The molecular weight excluding hydrogens is 1210 g/mol. The zero-order valence-corrected chi connectivity index (χ0v) is 47.5. The number of carboxylic acids is 4. The van der Waals surface area contributed by atoms with Gasteiger partial charge in [0.15, 0.2) is 0 Å². The molecule has 0 atom stereocenters. The molecule has 72 heavy (non-hydrogen) atoms. The van der Waals surface area contributed by atoms with Crippen LogP contribution >= 0.6 is 22.6 Å². The molecule has 4 aromatic rings. The number of unbranched alkanes of at least 4 members (excludes halogenated alkanes) is 3. The van der Waals surface area contributed by atoms with E-state index in [1.165, 1.54) is 42.7 Å². The van der Waals surface area contributed by atoms with Crippen molar-refractivity contribution in [3.05, 3.63) is 71.3 Å². The van der Waals surface area contributed by atoms with Gasteiger partial charge in [-0.15, -0.1) is 0 Å². The van der Waals surface area contributed by atoms with Crippen molar-refractivity contribution in [1.82, 2.24) is 30.0 Å². The van der Waals surface area contributed by atoms with E-state index in [4.69, 9.17) is 38.4 Å². The van der Waals surface area contributed by atoms with Gasteiger partial charge in [-0.1, -0.05) is 35.4 Å². The molecule has 0 saturated carbocycles. The monoisotopic (exact) mass is 1270 g/mol. The summed E-state index contributed by atoms with van der Waals surface area (Å²) in [7, 11) is 8.89. The Morgan fingerprint density at radius 1 is 0.500 bits per heavy atom. The van der Waals surface area contributed by atoms with Crippen LogP contribution in [0.4, 0.5) is 0 Å². The number of methoxy groups -OCH3 is 6. The number of ether oxygens (including phenoxy) is 6. The molecular formula is C48H57DyIN6NaO15-3. The summed E-state index contributed by atoms with van der Waals surface area (Å²) in [4.78, 5) is 73.0. The molecule has 0 unspecified atom stereocenters. The summed E-state index contributed by atoms with van der Waals surface area (Å²) in [5.41, 5.74) is 3.61. The molecule has 2 heterocycles. The summed E-state index contributed by atoms with van der Waals surface area (Å²) in [6.45, 7) is -2.08. The Morgan fingerprint density at radius 3 is 1.11 bits per heavy atom. The summed E-state index contributed by atoms with van der Waals surface area (Å²) < 4.78 is 34.5. The summed E-state index contributed by atoms with van der Waals surface area (Å²) >= 11 is 2.00. The quantitative estimate of drug-likeness (QED) is 0.0216. The van der Waals surface area contributed by atoms with Crippen LogP contribution in [-0.4, -0.2) is 141 Å². The Bertz CT molecular complexity index is 2220. The number of carbonyl (C=O) groups is 5. The van der Waals surface area contributed by atoms with Crippen LogP contribution in [0.1, 0.15) is 48.5 Å². The van der Waals surface area contributed by atoms with Crippen molar-refractivity contribution >= 4 is 52.4 Å². The molecule has 2 aromatic carbocycles. The molecule has 1 amide bonds. The van der Waals surface area contributed by atoms with E-state index in [1.54, 1.807) is 48.5 Å². The van der Waals surface area contributed by atoms with Crippen molar-refractivity contribution < 1.29 is 141 Å². The van der Waals surface area contributed by atoms with Crippen molar-refractivity contribution in [1.29, 1.82) is 0 Å². The van der Waals surface area contributed by atoms with Crippen LogP contribution in [0.15, 0.2) is 48.5 Å². The Morgan fingerprint density at radius 2 is 0.819 bits per heavy atom. The number of aliphatic carboxylic acids is 4. The van der Waals surface area contributed by atoms with Gasteiger partial charge in [0.1, 0.15) is 34.5 Å². The first kappa shape index (κ1) is 63.9. The van der Waals surface area contributed by atoms with Crippen molar-refractivity contribution in [3.8, 4) is 56.8 Å². The number of rotatable bonds is 32. The van der Waals surface area contributed by atoms with Crippen LogP contribution < -0.4 is 83.7 Å². The van der Waals surface area contributed by atoms with E-state index in [9.17, 15) is 44.4 Å². The second-order valence-electron chi connectivity index (χ2n) is 15.9. The van der Waals surface area contributed by atoms with E-state index < -0.39 is 50.1 Å². The summed E-state index contributed by atoms with van der Waals surface area (Å²) in [6, 6.07) is 13.6. The van der Waals surface area contributed by atoms with Crippen molar-refractivity contribution in [2.24, 2.45) is 0 Å². The van der Waals surface area contributed by atoms with Crippen molar-refractivity contribution in [2.45, 2.75) is 51.9 Å². The number of pyridine rings is 2. The van der Waals surface area contributed by atoms with E-state index in [-0.39, 0.29) is 99.8 Å². The molecule has 0 spiro atoms. The fraction of sp³-hybridized carbons (Fsp3) is 0.438. The maximum absolute atomic E-state index is 11.8. The summed E-state index contributed by atoms with van der Waals surface area (Å²) in [5, 5.41) is 49.9. The molecule has 2 aromatic heterocycles. The number of nitrogens with zero attached hydrogens (tertiary/aromatic N) is 5.